The van der Waals surface area contributed by atoms with E-state index in [1.807, 2.05) is 0 Å². The summed E-state index contributed by atoms with van der Waals surface area (Å²) >= 11 is 0. The number of hydrogen-bond acceptors (Lipinski definition) is 3. The second kappa shape index (κ2) is 10.4. The molecule has 0 aromatic rings. The minimum atomic E-state index is 0.459. The lowest BCUT2D eigenvalue weighted by atomic mass is 10.1. The molecule has 0 amide bonds. The number of nitrogens with one attached hydrogen (secondary N) is 1. The molecule has 0 rings (SSSR count). The SMILES string of the molecule is CCCOCCOCC(NCC)C(C)C. The van der Waals surface area contributed by atoms with Crippen molar-refractivity contribution in [1.82, 2.24) is 5.32 Å². The highest BCUT2D eigenvalue weighted by molar-refractivity contribution is 4.68. The van der Waals surface area contributed by atoms with Crippen LogP contribution < -0.4 is 5.32 Å². The van der Waals surface area contributed by atoms with Crippen LogP contribution in [0.25, 0.3) is 0 Å². The zero-order valence-corrected chi connectivity index (χ0v) is 10.7. The molecule has 0 saturated heterocycles. The van der Waals surface area contributed by atoms with E-state index >= 15 is 0 Å². The van der Waals surface area contributed by atoms with Gasteiger partial charge in [0.15, 0.2) is 0 Å². The molecular formula is C12H27NO2. The van der Waals surface area contributed by atoms with Crippen molar-refractivity contribution < 1.29 is 9.47 Å². The molecule has 15 heavy (non-hydrogen) atoms. The summed E-state index contributed by atoms with van der Waals surface area (Å²) in [6.45, 7) is 12.7. The summed E-state index contributed by atoms with van der Waals surface area (Å²) in [6, 6.07) is 0.459. The molecular weight excluding hydrogens is 190 g/mol. The standard InChI is InChI=1S/C12H27NO2/c1-5-7-14-8-9-15-10-12(11(3)4)13-6-2/h11-13H,5-10H2,1-4H3. The molecule has 0 aliphatic rings. The normalized spacial score (nSPS) is 13.4. The highest BCUT2D eigenvalue weighted by atomic mass is 16.5. The van der Waals surface area contributed by atoms with Crippen LogP contribution in [0.4, 0.5) is 0 Å². The Morgan fingerprint density at radius 1 is 1.00 bits per heavy atom. The molecule has 0 aromatic heterocycles. The van der Waals surface area contributed by atoms with Crippen molar-refractivity contribution in [2.24, 2.45) is 5.92 Å². The zero-order chi connectivity index (χ0) is 11.5. The molecule has 0 heterocycles. The van der Waals surface area contributed by atoms with Gasteiger partial charge in [-0.3, -0.25) is 0 Å². The fourth-order valence-corrected chi connectivity index (χ4v) is 1.32. The second-order valence-corrected chi connectivity index (χ2v) is 4.10. The van der Waals surface area contributed by atoms with E-state index < -0.39 is 0 Å². The van der Waals surface area contributed by atoms with Crippen LogP contribution in [-0.2, 0) is 9.47 Å². The minimum absolute atomic E-state index is 0.459. The van der Waals surface area contributed by atoms with Crippen LogP contribution in [0.15, 0.2) is 0 Å². The third-order valence-electron chi connectivity index (χ3n) is 2.29. The van der Waals surface area contributed by atoms with E-state index in [4.69, 9.17) is 9.47 Å². The Kier molecular flexibility index (Phi) is 10.3. The molecule has 92 valence electrons. The van der Waals surface area contributed by atoms with Gasteiger partial charge in [0.2, 0.25) is 0 Å². The highest BCUT2D eigenvalue weighted by Gasteiger charge is 2.11. The van der Waals surface area contributed by atoms with Crippen molar-refractivity contribution in [2.45, 2.75) is 40.2 Å². The Hall–Kier alpha value is -0.120. The summed E-state index contributed by atoms with van der Waals surface area (Å²) in [5.74, 6) is 0.613. The summed E-state index contributed by atoms with van der Waals surface area (Å²) < 4.78 is 10.9. The maximum absolute atomic E-state index is 5.57. The van der Waals surface area contributed by atoms with Crippen LogP contribution in [0, 0.1) is 5.92 Å². The van der Waals surface area contributed by atoms with Gasteiger partial charge in [-0.05, 0) is 18.9 Å². The Balaban J connectivity index is 3.37. The maximum Gasteiger partial charge on any atom is 0.0701 e. The van der Waals surface area contributed by atoms with E-state index in [2.05, 4.69) is 33.0 Å². The largest absolute Gasteiger partial charge is 0.379 e. The van der Waals surface area contributed by atoms with Crippen LogP contribution >= 0.6 is 0 Å². The van der Waals surface area contributed by atoms with Gasteiger partial charge >= 0.3 is 0 Å². The van der Waals surface area contributed by atoms with Gasteiger partial charge in [0.25, 0.3) is 0 Å². The molecule has 1 atom stereocenters. The van der Waals surface area contributed by atoms with E-state index in [0.29, 0.717) is 25.2 Å². The van der Waals surface area contributed by atoms with E-state index in [1.54, 1.807) is 0 Å². The predicted molar refractivity (Wildman–Crippen MR) is 64.2 cm³/mol. The van der Waals surface area contributed by atoms with Gasteiger partial charge < -0.3 is 14.8 Å². The van der Waals surface area contributed by atoms with Gasteiger partial charge in [-0.25, -0.2) is 0 Å². The van der Waals surface area contributed by atoms with Crippen LogP contribution in [0.5, 0.6) is 0 Å². The van der Waals surface area contributed by atoms with Crippen LogP contribution in [0.1, 0.15) is 34.1 Å². The molecule has 1 unspecified atom stereocenters. The lowest BCUT2D eigenvalue weighted by Gasteiger charge is -2.21. The molecule has 0 bridgehead atoms. The maximum atomic E-state index is 5.57. The first-order chi connectivity index (χ1) is 7.22. The lowest BCUT2D eigenvalue weighted by Crippen LogP contribution is -2.38. The molecule has 1 N–H and O–H groups in total. The van der Waals surface area contributed by atoms with Crippen molar-refractivity contribution >= 4 is 0 Å². The van der Waals surface area contributed by atoms with Crippen LogP contribution in [0.2, 0.25) is 0 Å². The van der Waals surface area contributed by atoms with Gasteiger partial charge in [-0.1, -0.05) is 27.7 Å². The Bertz CT molecular complexity index is 129. The summed E-state index contributed by atoms with van der Waals surface area (Å²) in [5.41, 5.74) is 0. The molecule has 3 heteroatoms. The summed E-state index contributed by atoms with van der Waals surface area (Å²) in [6.07, 6.45) is 1.08. The van der Waals surface area contributed by atoms with E-state index in [0.717, 1.165) is 26.2 Å². The molecule has 0 aliphatic heterocycles. The monoisotopic (exact) mass is 217 g/mol. The van der Waals surface area contributed by atoms with Crippen molar-refractivity contribution in [3.63, 3.8) is 0 Å². The Morgan fingerprint density at radius 3 is 2.20 bits per heavy atom. The predicted octanol–water partition coefficient (Wildman–Crippen LogP) is 2.06. The van der Waals surface area contributed by atoms with Crippen molar-refractivity contribution in [2.75, 3.05) is 33.0 Å². The number of rotatable bonds is 10. The third-order valence-corrected chi connectivity index (χ3v) is 2.29. The number of hydrogen-bond donors (Lipinski definition) is 1. The molecule has 0 saturated carbocycles. The van der Waals surface area contributed by atoms with E-state index in [9.17, 15) is 0 Å². The van der Waals surface area contributed by atoms with Gasteiger partial charge in [-0.15, -0.1) is 0 Å². The molecule has 0 radical (unpaired) electrons. The number of likely N-dealkylation sites (N-methyl/N-ethyl adjacent to an activating group) is 1. The number of ether oxygens (including phenoxy) is 2. The topological polar surface area (TPSA) is 30.5 Å². The molecule has 0 fully saturated rings. The van der Waals surface area contributed by atoms with Gasteiger partial charge in [0, 0.05) is 12.6 Å². The Labute approximate surface area is 94.5 Å². The first-order valence-electron chi connectivity index (χ1n) is 6.11. The van der Waals surface area contributed by atoms with Gasteiger partial charge in [0.05, 0.1) is 19.8 Å². The average Bonchev–Trinajstić information content (AvgIpc) is 2.21. The van der Waals surface area contributed by atoms with E-state index in [-0.39, 0.29) is 0 Å². The summed E-state index contributed by atoms with van der Waals surface area (Å²) in [4.78, 5) is 0. The van der Waals surface area contributed by atoms with Crippen LogP contribution in [0.3, 0.4) is 0 Å². The molecule has 0 aromatic carbocycles. The van der Waals surface area contributed by atoms with Crippen molar-refractivity contribution in [3.8, 4) is 0 Å². The smallest absolute Gasteiger partial charge is 0.0701 e. The second-order valence-electron chi connectivity index (χ2n) is 4.10. The van der Waals surface area contributed by atoms with Crippen molar-refractivity contribution in [1.29, 1.82) is 0 Å². The summed E-state index contributed by atoms with van der Waals surface area (Å²) in [7, 11) is 0. The fraction of sp³-hybridized carbons (Fsp3) is 1.00. The Morgan fingerprint density at radius 2 is 1.67 bits per heavy atom. The summed E-state index contributed by atoms with van der Waals surface area (Å²) in [5, 5.41) is 3.42. The third kappa shape index (κ3) is 8.85. The van der Waals surface area contributed by atoms with Gasteiger partial charge in [0.1, 0.15) is 0 Å². The fourth-order valence-electron chi connectivity index (χ4n) is 1.32. The highest BCUT2D eigenvalue weighted by Crippen LogP contribution is 2.01. The molecule has 3 nitrogen and oxygen atoms in total. The lowest BCUT2D eigenvalue weighted by molar-refractivity contribution is 0.0344. The molecule has 0 aliphatic carbocycles. The quantitative estimate of drug-likeness (QED) is 0.568. The van der Waals surface area contributed by atoms with Crippen molar-refractivity contribution in [3.05, 3.63) is 0 Å². The van der Waals surface area contributed by atoms with E-state index in [1.165, 1.54) is 0 Å². The molecule has 0 spiro atoms. The zero-order valence-electron chi connectivity index (χ0n) is 10.7. The first-order valence-corrected chi connectivity index (χ1v) is 6.11. The minimum Gasteiger partial charge on any atom is -0.379 e. The van der Waals surface area contributed by atoms with Gasteiger partial charge in [-0.2, -0.15) is 0 Å². The van der Waals surface area contributed by atoms with Crippen LogP contribution in [-0.4, -0.2) is 39.0 Å². The first kappa shape index (κ1) is 14.9. The average molecular weight is 217 g/mol.